The number of aromatic nitrogens is 2. The van der Waals surface area contributed by atoms with Crippen LogP contribution in [0.25, 0.3) is 0 Å². The molecule has 0 unspecified atom stereocenters. The molecular formula is C16H18ClN3O3. The molecule has 6 nitrogen and oxygen atoms in total. The van der Waals surface area contributed by atoms with Crippen molar-refractivity contribution < 1.29 is 14.3 Å². The Labute approximate surface area is 139 Å². The number of hydrogen-bond acceptors (Lipinski definition) is 4. The van der Waals surface area contributed by atoms with Crippen LogP contribution in [0.2, 0.25) is 5.02 Å². The van der Waals surface area contributed by atoms with Gasteiger partial charge in [-0.25, -0.2) is 0 Å². The van der Waals surface area contributed by atoms with Gasteiger partial charge in [-0.15, -0.1) is 0 Å². The number of carbonyl (C=O) groups excluding carboxylic acids is 2. The van der Waals surface area contributed by atoms with E-state index in [1.54, 1.807) is 42.9 Å². The second-order valence-electron chi connectivity index (χ2n) is 5.10. The topological polar surface area (TPSA) is 73.2 Å². The van der Waals surface area contributed by atoms with E-state index in [0.717, 1.165) is 5.69 Å². The summed E-state index contributed by atoms with van der Waals surface area (Å²) in [5, 5.41) is 7.36. The molecule has 0 bridgehead atoms. The summed E-state index contributed by atoms with van der Waals surface area (Å²) >= 11 is 6.19. The molecule has 122 valence electrons. The first-order chi connectivity index (χ1) is 10.9. The number of benzene rings is 1. The maximum atomic E-state index is 12.5. The molecule has 1 heterocycles. The Hall–Kier alpha value is -2.34. The van der Waals surface area contributed by atoms with Crippen LogP contribution in [-0.4, -0.2) is 28.8 Å². The Balaban J connectivity index is 2.28. The minimum absolute atomic E-state index is 0.00865. The molecule has 0 aliphatic carbocycles. The Kier molecular flexibility index (Phi) is 5.39. The Morgan fingerprint density at radius 3 is 2.65 bits per heavy atom. The second-order valence-corrected chi connectivity index (χ2v) is 5.50. The van der Waals surface area contributed by atoms with Crippen LogP contribution in [-0.2, 0) is 16.6 Å². The number of nitrogens with zero attached hydrogens (tertiary/aromatic N) is 2. The predicted octanol–water partition coefficient (Wildman–Crippen LogP) is 2.42. The van der Waals surface area contributed by atoms with Crippen LogP contribution in [0.4, 0.5) is 0 Å². The summed E-state index contributed by atoms with van der Waals surface area (Å²) in [5.74, 6) is -0.748. The third kappa shape index (κ3) is 3.90. The zero-order valence-electron chi connectivity index (χ0n) is 13.2. The second kappa shape index (κ2) is 7.28. The van der Waals surface area contributed by atoms with Gasteiger partial charge in [0.2, 0.25) is 0 Å². The van der Waals surface area contributed by atoms with Crippen molar-refractivity contribution in [3.05, 3.63) is 52.3 Å². The van der Waals surface area contributed by atoms with Crippen molar-refractivity contribution in [1.29, 1.82) is 0 Å². The van der Waals surface area contributed by atoms with Gasteiger partial charge in [0.05, 0.1) is 31.3 Å². The van der Waals surface area contributed by atoms with Crippen molar-refractivity contribution in [3.8, 4) is 0 Å². The van der Waals surface area contributed by atoms with Gasteiger partial charge in [-0.2, -0.15) is 5.10 Å². The van der Waals surface area contributed by atoms with Gasteiger partial charge in [-0.05, 0) is 18.6 Å². The molecule has 1 N–H and O–H groups in total. The van der Waals surface area contributed by atoms with Crippen LogP contribution >= 0.6 is 11.6 Å². The van der Waals surface area contributed by atoms with E-state index in [-0.39, 0.29) is 12.3 Å². The predicted molar refractivity (Wildman–Crippen MR) is 86.2 cm³/mol. The monoisotopic (exact) mass is 335 g/mol. The fourth-order valence-electron chi connectivity index (χ4n) is 2.20. The summed E-state index contributed by atoms with van der Waals surface area (Å²) in [7, 11) is 3.06. The molecule has 0 saturated heterocycles. The fourth-order valence-corrected chi connectivity index (χ4v) is 2.47. The summed E-state index contributed by atoms with van der Waals surface area (Å²) in [6, 6.07) is 6.49. The lowest BCUT2D eigenvalue weighted by atomic mass is 10.0. The van der Waals surface area contributed by atoms with E-state index in [2.05, 4.69) is 10.4 Å². The highest BCUT2D eigenvalue weighted by Crippen LogP contribution is 2.26. The summed E-state index contributed by atoms with van der Waals surface area (Å²) in [6.07, 6.45) is 1.48. The minimum Gasteiger partial charge on any atom is -0.469 e. The van der Waals surface area contributed by atoms with Gasteiger partial charge in [0.1, 0.15) is 0 Å². The highest BCUT2D eigenvalue weighted by atomic mass is 35.5. The fraction of sp³-hybridized carbons (Fsp3) is 0.312. The largest absolute Gasteiger partial charge is 0.469 e. The number of ether oxygens (including phenoxy) is 1. The van der Waals surface area contributed by atoms with Crippen molar-refractivity contribution in [1.82, 2.24) is 15.1 Å². The zero-order chi connectivity index (χ0) is 17.0. The van der Waals surface area contributed by atoms with Crippen LogP contribution in [0.3, 0.4) is 0 Å². The van der Waals surface area contributed by atoms with Gasteiger partial charge in [0.15, 0.2) is 0 Å². The van der Waals surface area contributed by atoms with E-state index in [4.69, 9.17) is 16.3 Å². The number of methoxy groups -OCH3 is 1. The number of aryl methyl sites for hydroxylation is 1. The van der Waals surface area contributed by atoms with Crippen LogP contribution in [0.15, 0.2) is 30.5 Å². The normalized spacial score (nSPS) is 11.8. The standard InChI is InChI=1S/C16H18ClN3O3/c1-10-12(9-18-20(10)2)16(22)19-14(8-15(21)23-3)11-6-4-5-7-13(11)17/h4-7,9,14H,8H2,1-3H3,(H,19,22)/t14-/m1/s1. The number of amides is 1. The Bertz CT molecular complexity index is 727. The first-order valence-electron chi connectivity index (χ1n) is 7.04. The van der Waals surface area contributed by atoms with E-state index >= 15 is 0 Å². The molecule has 1 aromatic carbocycles. The van der Waals surface area contributed by atoms with Gasteiger partial charge >= 0.3 is 5.97 Å². The molecule has 1 aromatic heterocycles. The molecule has 23 heavy (non-hydrogen) atoms. The van der Waals surface area contributed by atoms with Crippen molar-refractivity contribution in [2.24, 2.45) is 7.05 Å². The first kappa shape index (κ1) is 17.0. The molecule has 1 atom stereocenters. The number of hydrogen-bond donors (Lipinski definition) is 1. The molecule has 0 saturated carbocycles. The number of nitrogens with one attached hydrogen (secondary N) is 1. The zero-order valence-corrected chi connectivity index (χ0v) is 13.9. The molecule has 1 amide bonds. The number of carbonyl (C=O) groups is 2. The quantitative estimate of drug-likeness (QED) is 0.852. The van der Waals surface area contributed by atoms with Gasteiger partial charge < -0.3 is 10.1 Å². The number of rotatable bonds is 5. The molecule has 0 aliphatic rings. The SMILES string of the molecule is COC(=O)C[C@@H](NC(=O)c1cnn(C)c1C)c1ccccc1Cl. The molecule has 0 radical (unpaired) electrons. The Morgan fingerprint density at radius 2 is 2.09 bits per heavy atom. The molecule has 0 spiro atoms. The lowest BCUT2D eigenvalue weighted by Gasteiger charge is -2.19. The van der Waals surface area contributed by atoms with E-state index < -0.39 is 12.0 Å². The van der Waals surface area contributed by atoms with E-state index in [9.17, 15) is 9.59 Å². The molecule has 2 rings (SSSR count). The van der Waals surface area contributed by atoms with Gasteiger partial charge in [-0.1, -0.05) is 29.8 Å². The Morgan fingerprint density at radius 1 is 1.39 bits per heavy atom. The third-order valence-electron chi connectivity index (χ3n) is 3.66. The van der Waals surface area contributed by atoms with Crippen LogP contribution in [0.1, 0.15) is 34.1 Å². The molecule has 0 fully saturated rings. The van der Waals surface area contributed by atoms with Gasteiger partial charge in [0.25, 0.3) is 5.91 Å². The van der Waals surface area contributed by atoms with Crippen LogP contribution in [0.5, 0.6) is 0 Å². The smallest absolute Gasteiger partial charge is 0.307 e. The van der Waals surface area contributed by atoms with Crippen LogP contribution < -0.4 is 5.32 Å². The summed E-state index contributed by atoms with van der Waals surface area (Å²) in [4.78, 5) is 24.1. The summed E-state index contributed by atoms with van der Waals surface area (Å²) < 4.78 is 6.32. The minimum atomic E-state index is -0.580. The summed E-state index contributed by atoms with van der Waals surface area (Å²) in [6.45, 7) is 1.80. The molecule has 2 aromatic rings. The number of esters is 1. The highest BCUT2D eigenvalue weighted by Gasteiger charge is 2.23. The van der Waals surface area contributed by atoms with Crippen molar-refractivity contribution in [2.75, 3.05) is 7.11 Å². The van der Waals surface area contributed by atoms with Crippen molar-refractivity contribution in [3.63, 3.8) is 0 Å². The molecule has 7 heteroatoms. The third-order valence-corrected chi connectivity index (χ3v) is 4.01. The maximum absolute atomic E-state index is 12.5. The lowest BCUT2D eigenvalue weighted by molar-refractivity contribution is -0.141. The highest BCUT2D eigenvalue weighted by molar-refractivity contribution is 6.31. The number of halogens is 1. The van der Waals surface area contributed by atoms with Crippen molar-refractivity contribution >= 4 is 23.5 Å². The van der Waals surface area contributed by atoms with Crippen LogP contribution in [0, 0.1) is 6.92 Å². The maximum Gasteiger partial charge on any atom is 0.307 e. The van der Waals surface area contributed by atoms with Gasteiger partial charge in [0, 0.05) is 17.8 Å². The molecular weight excluding hydrogens is 318 g/mol. The van der Waals surface area contributed by atoms with E-state index in [1.807, 2.05) is 0 Å². The average molecular weight is 336 g/mol. The van der Waals surface area contributed by atoms with E-state index in [0.29, 0.717) is 16.1 Å². The lowest BCUT2D eigenvalue weighted by Crippen LogP contribution is -2.31. The summed E-state index contributed by atoms with van der Waals surface area (Å²) in [5.41, 5.74) is 1.85. The average Bonchev–Trinajstić information content (AvgIpc) is 2.86. The molecule has 0 aliphatic heterocycles. The van der Waals surface area contributed by atoms with Crippen molar-refractivity contribution in [2.45, 2.75) is 19.4 Å². The van der Waals surface area contributed by atoms with E-state index in [1.165, 1.54) is 13.3 Å². The van der Waals surface area contributed by atoms with Gasteiger partial charge in [-0.3, -0.25) is 14.3 Å². The first-order valence-corrected chi connectivity index (χ1v) is 7.42.